The zero-order valence-corrected chi connectivity index (χ0v) is 9.77. The van der Waals surface area contributed by atoms with E-state index in [1.165, 1.54) is 13.1 Å². The van der Waals surface area contributed by atoms with Crippen LogP contribution in [-0.4, -0.2) is 48.2 Å². The summed E-state index contributed by atoms with van der Waals surface area (Å²) >= 11 is 2.10. The highest BCUT2D eigenvalue weighted by Gasteiger charge is 2.21. The Morgan fingerprint density at radius 2 is 1.92 bits per heavy atom. The maximum absolute atomic E-state index is 5.36. The van der Waals surface area contributed by atoms with Crippen molar-refractivity contribution in [3.63, 3.8) is 0 Å². The third-order valence-electron chi connectivity index (χ3n) is 2.25. The van der Waals surface area contributed by atoms with Gasteiger partial charge in [0.15, 0.2) is 0 Å². The largest absolute Gasteiger partial charge is 0.380 e. The zero-order chi connectivity index (χ0) is 9.68. The zero-order valence-electron chi connectivity index (χ0n) is 8.95. The van der Waals surface area contributed by atoms with E-state index in [0.717, 1.165) is 30.3 Å². The highest BCUT2D eigenvalue weighted by Crippen LogP contribution is 2.24. The molecule has 0 amide bonds. The highest BCUT2D eigenvalue weighted by atomic mass is 32.2. The molecule has 1 fully saturated rings. The molecule has 0 aromatic rings. The summed E-state index contributed by atoms with van der Waals surface area (Å²) in [6, 6.07) is 0. The molecule has 78 valence electrons. The van der Waals surface area contributed by atoms with Gasteiger partial charge in [-0.2, -0.15) is 11.8 Å². The number of nitrogens with zero attached hydrogens (tertiary/aromatic N) is 1. The van der Waals surface area contributed by atoms with Crippen molar-refractivity contribution in [2.45, 2.75) is 31.3 Å². The van der Waals surface area contributed by atoms with Crippen LogP contribution < -0.4 is 0 Å². The predicted octanol–water partition coefficient (Wildman–Crippen LogP) is 1.85. The summed E-state index contributed by atoms with van der Waals surface area (Å²) in [6.07, 6.45) is 0. The molecular weight excluding hydrogens is 182 g/mol. The smallest absolute Gasteiger partial charge is 0.0593 e. The number of hydrogen-bond donors (Lipinski definition) is 0. The molecule has 1 heterocycles. The van der Waals surface area contributed by atoms with E-state index >= 15 is 0 Å². The average molecular weight is 203 g/mol. The van der Waals surface area contributed by atoms with E-state index in [1.807, 2.05) is 0 Å². The molecule has 0 aromatic heterocycles. The third-order valence-corrected chi connectivity index (χ3v) is 3.48. The summed E-state index contributed by atoms with van der Waals surface area (Å²) in [6.45, 7) is 12.0. The van der Waals surface area contributed by atoms with E-state index in [-0.39, 0.29) is 0 Å². The summed E-state index contributed by atoms with van der Waals surface area (Å²) in [5, 5.41) is 1.57. The average Bonchev–Trinajstić information content (AvgIpc) is 2.03. The number of rotatable bonds is 4. The second-order valence-corrected chi connectivity index (χ2v) is 5.60. The van der Waals surface area contributed by atoms with Crippen LogP contribution in [0.15, 0.2) is 0 Å². The van der Waals surface area contributed by atoms with Gasteiger partial charge in [0.05, 0.1) is 6.61 Å². The summed E-state index contributed by atoms with van der Waals surface area (Å²) in [4.78, 5) is 2.52. The van der Waals surface area contributed by atoms with Crippen LogP contribution in [0.2, 0.25) is 0 Å². The molecule has 2 unspecified atom stereocenters. The molecule has 2 nitrogen and oxygen atoms in total. The lowest BCUT2D eigenvalue weighted by Crippen LogP contribution is -2.41. The van der Waals surface area contributed by atoms with Gasteiger partial charge in [-0.15, -0.1) is 0 Å². The van der Waals surface area contributed by atoms with Crippen molar-refractivity contribution in [1.29, 1.82) is 0 Å². The van der Waals surface area contributed by atoms with Crippen LogP contribution >= 0.6 is 11.8 Å². The Labute approximate surface area is 86.0 Å². The Hall–Kier alpha value is 0.270. The molecule has 0 saturated carbocycles. The first-order valence-electron chi connectivity index (χ1n) is 5.18. The molecule has 0 N–H and O–H groups in total. The number of thioether (sulfide) groups is 1. The lowest BCUT2D eigenvalue weighted by Gasteiger charge is -2.34. The van der Waals surface area contributed by atoms with Crippen LogP contribution in [0.5, 0.6) is 0 Å². The molecule has 2 atom stereocenters. The molecular formula is C10H21NOS. The first-order valence-corrected chi connectivity index (χ1v) is 6.12. The molecule has 0 radical (unpaired) electrons. The minimum absolute atomic E-state index is 0.783. The van der Waals surface area contributed by atoms with E-state index in [4.69, 9.17) is 4.74 Å². The first-order chi connectivity index (χ1) is 6.22. The van der Waals surface area contributed by atoms with Gasteiger partial charge in [-0.25, -0.2) is 0 Å². The lowest BCUT2D eigenvalue weighted by atomic mass is 10.3. The van der Waals surface area contributed by atoms with E-state index in [0.29, 0.717) is 0 Å². The number of ether oxygens (including phenoxy) is 1. The number of hydrogen-bond acceptors (Lipinski definition) is 3. The standard InChI is InChI=1S/C10H21NOS/c1-4-12-6-5-11-7-9(2)13-10(3)8-11/h9-10H,4-8H2,1-3H3. The van der Waals surface area contributed by atoms with Crippen molar-refractivity contribution in [2.24, 2.45) is 0 Å². The van der Waals surface area contributed by atoms with Crippen molar-refractivity contribution < 1.29 is 4.74 Å². The summed E-state index contributed by atoms with van der Waals surface area (Å²) in [5.41, 5.74) is 0. The van der Waals surface area contributed by atoms with Gasteiger partial charge in [0.2, 0.25) is 0 Å². The van der Waals surface area contributed by atoms with Crippen molar-refractivity contribution in [3.05, 3.63) is 0 Å². The summed E-state index contributed by atoms with van der Waals surface area (Å²) in [7, 11) is 0. The van der Waals surface area contributed by atoms with Crippen LogP contribution in [0.4, 0.5) is 0 Å². The molecule has 13 heavy (non-hydrogen) atoms. The normalized spacial score (nSPS) is 30.7. The Morgan fingerprint density at radius 1 is 1.31 bits per heavy atom. The van der Waals surface area contributed by atoms with Crippen molar-refractivity contribution in [2.75, 3.05) is 32.8 Å². The molecule has 3 heteroatoms. The predicted molar refractivity (Wildman–Crippen MR) is 59.4 cm³/mol. The monoisotopic (exact) mass is 203 g/mol. The van der Waals surface area contributed by atoms with Gasteiger partial charge < -0.3 is 4.74 Å². The highest BCUT2D eigenvalue weighted by molar-refractivity contribution is 8.00. The maximum atomic E-state index is 5.36. The van der Waals surface area contributed by atoms with Gasteiger partial charge in [-0.3, -0.25) is 4.90 Å². The minimum atomic E-state index is 0.783. The molecule has 1 rings (SSSR count). The van der Waals surface area contributed by atoms with Crippen LogP contribution in [0, 0.1) is 0 Å². The maximum Gasteiger partial charge on any atom is 0.0593 e. The van der Waals surface area contributed by atoms with Crippen LogP contribution in [0.3, 0.4) is 0 Å². The van der Waals surface area contributed by atoms with Gasteiger partial charge in [-0.05, 0) is 6.92 Å². The fraction of sp³-hybridized carbons (Fsp3) is 1.00. The Morgan fingerprint density at radius 3 is 2.46 bits per heavy atom. The van der Waals surface area contributed by atoms with Crippen LogP contribution in [0.25, 0.3) is 0 Å². The summed E-state index contributed by atoms with van der Waals surface area (Å²) < 4.78 is 5.36. The van der Waals surface area contributed by atoms with Crippen molar-refractivity contribution in [1.82, 2.24) is 4.90 Å². The molecule has 0 bridgehead atoms. The SMILES string of the molecule is CCOCCN1CC(C)SC(C)C1. The van der Waals surface area contributed by atoms with Crippen molar-refractivity contribution >= 4 is 11.8 Å². The first kappa shape index (κ1) is 11.3. The Kier molecular flexibility index (Phi) is 5.14. The van der Waals surface area contributed by atoms with Crippen molar-refractivity contribution in [3.8, 4) is 0 Å². The molecule has 0 aliphatic carbocycles. The van der Waals surface area contributed by atoms with Gasteiger partial charge in [-0.1, -0.05) is 13.8 Å². The van der Waals surface area contributed by atoms with E-state index < -0.39 is 0 Å². The lowest BCUT2D eigenvalue weighted by molar-refractivity contribution is 0.113. The summed E-state index contributed by atoms with van der Waals surface area (Å²) in [5.74, 6) is 0. The van der Waals surface area contributed by atoms with Gasteiger partial charge in [0, 0.05) is 36.7 Å². The topological polar surface area (TPSA) is 12.5 Å². The van der Waals surface area contributed by atoms with E-state index in [2.05, 4.69) is 37.4 Å². The molecule has 1 saturated heterocycles. The molecule has 1 aliphatic heterocycles. The van der Waals surface area contributed by atoms with Crippen LogP contribution in [0.1, 0.15) is 20.8 Å². The fourth-order valence-corrected chi connectivity index (χ4v) is 3.19. The van der Waals surface area contributed by atoms with E-state index in [1.54, 1.807) is 0 Å². The van der Waals surface area contributed by atoms with E-state index in [9.17, 15) is 0 Å². The molecule has 0 spiro atoms. The second kappa shape index (κ2) is 5.89. The minimum Gasteiger partial charge on any atom is -0.380 e. The molecule has 0 aromatic carbocycles. The van der Waals surface area contributed by atoms with Gasteiger partial charge >= 0.3 is 0 Å². The third kappa shape index (κ3) is 4.34. The Bertz CT molecular complexity index is 133. The second-order valence-electron chi connectivity index (χ2n) is 3.71. The van der Waals surface area contributed by atoms with Crippen LogP contribution in [-0.2, 0) is 4.74 Å². The quantitative estimate of drug-likeness (QED) is 0.647. The van der Waals surface area contributed by atoms with Gasteiger partial charge in [0.1, 0.15) is 0 Å². The van der Waals surface area contributed by atoms with Gasteiger partial charge in [0.25, 0.3) is 0 Å². The Balaban J connectivity index is 2.17. The fourth-order valence-electron chi connectivity index (χ4n) is 1.80. The molecule has 1 aliphatic rings.